The molecule has 0 aliphatic carbocycles. The molecule has 0 saturated heterocycles. The Morgan fingerprint density at radius 2 is 2.06 bits per heavy atom. The third-order valence-corrected chi connectivity index (χ3v) is 4.17. The largest absolute Gasteiger partial charge is 0.382 e. The van der Waals surface area contributed by atoms with Crippen LogP contribution in [0.3, 0.4) is 0 Å². The van der Waals surface area contributed by atoms with Gasteiger partial charge < -0.3 is 5.11 Å². The number of rotatable bonds is 2. The summed E-state index contributed by atoms with van der Waals surface area (Å²) in [5.74, 6) is 0. The number of hydrogen-bond acceptors (Lipinski definition) is 3. The minimum Gasteiger partial charge on any atom is -0.382 e. The highest BCUT2D eigenvalue weighted by molar-refractivity contribution is 9.13. The second-order valence-corrected chi connectivity index (χ2v) is 5.07. The van der Waals surface area contributed by atoms with E-state index >= 15 is 0 Å². The maximum absolute atomic E-state index is 10.1. The van der Waals surface area contributed by atoms with Crippen LogP contribution in [0.15, 0.2) is 33.3 Å². The number of aromatic nitrogens is 3. The fourth-order valence-corrected chi connectivity index (χ4v) is 2.04. The molecule has 0 radical (unpaired) electrons. The van der Waals surface area contributed by atoms with Gasteiger partial charge in [-0.1, -0.05) is 11.3 Å². The molecule has 2 aromatic rings. The third-order valence-electron chi connectivity index (χ3n) is 2.29. The topological polar surface area (TPSA) is 50.9 Å². The molecule has 1 unspecified atom stereocenters. The van der Waals surface area contributed by atoms with Gasteiger partial charge in [-0.25, -0.2) is 4.68 Å². The molecular formula is C10H9Br2N3O. The van der Waals surface area contributed by atoms with Gasteiger partial charge in [0.05, 0.1) is 11.9 Å². The van der Waals surface area contributed by atoms with Crippen LogP contribution in [0.4, 0.5) is 0 Å². The number of aliphatic hydroxyl groups excluding tert-OH is 1. The Balaban J connectivity index is 2.38. The molecule has 0 fully saturated rings. The highest BCUT2D eigenvalue weighted by Gasteiger charge is 2.15. The first-order chi connectivity index (χ1) is 7.59. The SMILES string of the molecule is Cn1nncc1C(O)c1ccc(Br)c(Br)c1. The Labute approximate surface area is 110 Å². The first kappa shape index (κ1) is 11.8. The Morgan fingerprint density at radius 1 is 1.31 bits per heavy atom. The van der Waals surface area contributed by atoms with Crippen molar-refractivity contribution in [3.8, 4) is 0 Å². The summed E-state index contributed by atoms with van der Waals surface area (Å²) in [5.41, 5.74) is 1.45. The fourth-order valence-electron chi connectivity index (χ4n) is 1.40. The molecule has 16 heavy (non-hydrogen) atoms. The molecule has 0 aliphatic rings. The van der Waals surface area contributed by atoms with Crippen LogP contribution in [-0.4, -0.2) is 20.1 Å². The molecule has 1 N–H and O–H groups in total. The van der Waals surface area contributed by atoms with Crippen LogP contribution in [-0.2, 0) is 7.05 Å². The predicted octanol–water partition coefficient (Wildman–Crippen LogP) is 2.42. The summed E-state index contributed by atoms with van der Waals surface area (Å²) in [4.78, 5) is 0. The highest BCUT2D eigenvalue weighted by atomic mass is 79.9. The lowest BCUT2D eigenvalue weighted by Crippen LogP contribution is -2.06. The van der Waals surface area contributed by atoms with E-state index in [9.17, 15) is 5.11 Å². The maximum Gasteiger partial charge on any atom is 0.122 e. The second kappa shape index (κ2) is 4.65. The van der Waals surface area contributed by atoms with E-state index in [1.807, 2.05) is 18.2 Å². The molecule has 84 valence electrons. The highest BCUT2D eigenvalue weighted by Crippen LogP contribution is 2.28. The Hall–Kier alpha value is -0.720. The molecule has 1 aromatic heterocycles. The van der Waals surface area contributed by atoms with Crippen LogP contribution in [0.2, 0.25) is 0 Å². The van der Waals surface area contributed by atoms with Crippen molar-refractivity contribution in [3.05, 3.63) is 44.6 Å². The normalized spacial score (nSPS) is 12.8. The average molecular weight is 347 g/mol. The molecular weight excluding hydrogens is 338 g/mol. The summed E-state index contributed by atoms with van der Waals surface area (Å²) in [6, 6.07) is 5.60. The summed E-state index contributed by atoms with van der Waals surface area (Å²) < 4.78 is 3.41. The zero-order valence-electron chi connectivity index (χ0n) is 8.43. The van der Waals surface area contributed by atoms with E-state index in [1.54, 1.807) is 17.9 Å². The first-order valence-corrected chi connectivity index (χ1v) is 6.16. The van der Waals surface area contributed by atoms with E-state index in [-0.39, 0.29) is 0 Å². The van der Waals surface area contributed by atoms with Crippen LogP contribution < -0.4 is 0 Å². The smallest absolute Gasteiger partial charge is 0.122 e. The van der Waals surface area contributed by atoms with Crippen molar-refractivity contribution in [2.24, 2.45) is 7.05 Å². The molecule has 0 amide bonds. The second-order valence-electron chi connectivity index (χ2n) is 3.36. The lowest BCUT2D eigenvalue weighted by molar-refractivity contribution is 0.209. The van der Waals surface area contributed by atoms with Crippen molar-refractivity contribution in [2.75, 3.05) is 0 Å². The molecule has 1 aromatic carbocycles. The van der Waals surface area contributed by atoms with Gasteiger partial charge in [0.15, 0.2) is 0 Å². The van der Waals surface area contributed by atoms with Crippen LogP contribution in [0.5, 0.6) is 0 Å². The number of hydrogen-bond donors (Lipinski definition) is 1. The molecule has 1 atom stereocenters. The summed E-state index contributed by atoms with van der Waals surface area (Å²) in [6.07, 6.45) is 0.838. The number of nitrogens with zero attached hydrogens (tertiary/aromatic N) is 3. The number of aliphatic hydroxyl groups is 1. The van der Waals surface area contributed by atoms with Gasteiger partial charge in [-0.05, 0) is 49.6 Å². The van der Waals surface area contributed by atoms with Gasteiger partial charge in [-0.2, -0.15) is 0 Å². The van der Waals surface area contributed by atoms with Gasteiger partial charge in [0.2, 0.25) is 0 Å². The van der Waals surface area contributed by atoms with Gasteiger partial charge in [0, 0.05) is 16.0 Å². The quantitative estimate of drug-likeness (QED) is 0.908. The Kier molecular flexibility index (Phi) is 3.41. The zero-order valence-corrected chi connectivity index (χ0v) is 11.6. The van der Waals surface area contributed by atoms with Gasteiger partial charge in [-0.3, -0.25) is 0 Å². The van der Waals surface area contributed by atoms with E-state index in [1.165, 1.54) is 0 Å². The van der Waals surface area contributed by atoms with Gasteiger partial charge in [0.1, 0.15) is 6.10 Å². The predicted molar refractivity (Wildman–Crippen MR) is 66.9 cm³/mol. The lowest BCUT2D eigenvalue weighted by atomic mass is 10.1. The number of benzene rings is 1. The number of halogens is 2. The van der Waals surface area contributed by atoms with E-state index in [4.69, 9.17) is 0 Å². The maximum atomic E-state index is 10.1. The molecule has 0 saturated carbocycles. The lowest BCUT2D eigenvalue weighted by Gasteiger charge is -2.11. The monoisotopic (exact) mass is 345 g/mol. The summed E-state index contributed by atoms with van der Waals surface area (Å²) in [6.45, 7) is 0. The van der Waals surface area contributed by atoms with Crippen molar-refractivity contribution >= 4 is 31.9 Å². The van der Waals surface area contributed by atoms with Crippen molar-refractivity contribution < 1.29 is 5.11 Å². The summed E-state index contributed by atoms with van der Waals surface area (Å²) in [5, 5.41) is 17.7. The summed E-state index contributed by atoms with van der Waals surface area (Å²) in [7, 11) is 1.75. The summed E-state index contributed by atoms with van der Waals surface area (Å²) >= 11 is 6.78. The zero-order chi connectivity index (χ0) is 11.7. The van der Waals surface area contributed by atoms with E-state index < -0.39 is 6.10 Å². The van der Waals surface area contributed by atoms with Crippen LogP contribution in [0.1, 0.15) is 17.4 Å². The van der Waals surface area contributed by atoms with Gasteiger partial charge in [0.25, 0.3) is 0 Å². The van der Waals surface area contributed by atoms with Crippen molar-refractivity contribution in [3.63, 3.8) is 0 Å². The van der Waals surface area contributed by atoms with Gasteiger partial charge in [-0.15, -0.1) is 5.10 Å². The first-order valence-electron chi connectivity index (χ1n) is 4.57. The Bertz CT molecular complexity index is 513. The van der Waals surface area contributed by atoms with Crippen molar-refractivity contribution in [1.29, 1.82) is 0 Å². The molecule has 0 bridgehead atoms. The standard InChI is InChI=1S/C10H9Br2N3O/c1-15-9(5-13-14-15)10(16)6-2-3-7(11)8(12)4-6/h2-5,10,16H,1H3. The van der Waals surface area contributed by atoms with Crippen LogP contribution in [0, 0.1) is 0 Å². The molecule has 6 heteroatoms. The molecule has 1 heterocycles. The number of aryl methyl sites for hydroxylation is 1. The third kappa shape index (κ3) is 2.18. The van der Waals surface area contributed by atoms with Gasteiger partial charge >= 0.3 is 0 Å². The molecule has 2 rings (SSSR count). The van der Waals surface area contributed by atoms with Crippen molar-refractivity contribution in [1.82, 2.24) is 15.0 Å². The van der Waals surface area contributed by atoms with E-state index in [0.717, 1.165) is 14.5 Å². The molecule has 0 aliphatic heterocycles. The van der Waals surface area contributed by atoms with Crippen molar-refractivity contribution in [2.45, 2.75) is 6.10 Å². The van der Waals surface area contributed by atoms with Crippen LogP contribution in [0.25, 0.3) is 0 Å². The molecule has 4 nitrogen and oxygen atoms in total. The molecule has 0 spiro atoms. The van der Waals surface area contributed by atoms with Crippen LogP contribution >= 0.6 is 31.9 Å². The average Bonchev–Trinajstić information content (AvgIpc) is 2.67. The fraction of sp³-hybridized carbons (Fsp3) is 0.200. The van der Waals surface area contributed by atoms with E-state index in [0.29, 0.717) is 5.69 Å². The minimum atomic E-state index is -0.718. The Morgan fingerprint density at radius 3 is 2.62 bits per heavy atom. The van der Waals surface area contributed by atoms with E-state index in [2.05, 4.69) is 42.2 Å². The minimum absolute atomic E-state index is 0.661.